The summed E-state index contributed by atoms with van der Waals surface area (Å²) in [5, 5.41) is 0.283. The van der Waals surface area contributed by atoms with Crippen molar-refractivity contribution in [1.82, 2.24) is 0 Å². The Morgan fingerprint density at radius 2 is 1.83 bits per heavy atom. The first kappa shape index (κ1) is 17.6. The number of benzene rings is 1. The summed E-state index contributed by atoms with van der Waals surface area (Å²) in [7, 11) is 0. The van der Waals surface area contributed by atoms with E-state index in [1.807, 2.05) is 13.8 Å². The van der Waals surface area contributed by atoms with Gasteiger partial charge in [-0.2, -0.15) is 13.2 Å². The van der Waals surface area contributed by atoms with Gasteiger partial charge in [-0.3, -0.25) is 0 Å². The molecular weight excluding hydrogens is 286 g/mol. The van der Waals surface area contributed by atoms with Gasteiger partial charge in [0.15, 0.2) is 0 Å². The summed E-state index contributed by atoms with van der Waals surface area (Å²) in [6.07, 6.45) is -3.77. The molecule has 0 fully saturated rings. The van der Waals surface area contributed by atoms with Gasteiger partial charge in [-0.1, -0.05) is 25.4 Å². The molecule has 1 atom stereocenters. The van der Waals surface area contributed by atoms with Crippen LogP contribution in [0.5, 0.6) is 0 Å². The lowest BCUT2D eigenvalue weighted by molar-refractivity contribution is -0.137. The monoisotopic (exact) mass is 301 g/mol. The molecule has 0 unspecified atom stereocenters. The fourth-order valence-corrected chi connectivity index (χ4v) is 1.90. The highest BCUT2D eigenvalue weighted by Crippen LogP contribution is 2.34. The summed E-state index contributed by atoms with van der Waals surface area (Å²) >= 11 is 5.88. The average molecular weight is 302 g/mol. The van der Waals surface area contributed by atoms with E-state index in [4.69, 9.17) is 17.3 Å². The molecule has 1 rings (SSSR count). The molecule has 1 aromatic rings. The highest BCUT2D eigenvalue weighted by Gasteiger charge is 2.31. The molecule has 6 heteroatoms. The lowest BCUT2D eigenvalue weighted by Crippen LogP contribution is -2.15. The Balaban J connectivity index is 0.00000289. The van der Waals surface area contributed by atoms with Crippen LogP contribution in [0, 0.1) is 5.92 Å². The van der Waals surface area contributed by atoms with Crippen molar-refractivity contribution in [3.63, 3.8) is 0 Å². The van der Waals surface area contributed by atoms with Crippen molar-refractivity contribution < 1.29 is 13.2 Å². The largest absolute Gasteiger partial charge is 0.416 e. The van der Waals surface area contributed by atoms with Crippen LogP contribution < -0.4 is 5.73 Å². The Kier molecular flexibility index (Phi) is 6.47. The van der Waals surface area contributed by atoms with Gasteiger partial charge in [0, 0.05) is 11.1 Å². The molecule has 0 amide bonds. The predicted molar refractivity (Wildman–Crippen MR) is 70.1 cm³/mol. The van der Waals surface area contributed by atoms with E-state index in [1.165, 1.54) is 6.07 Å². The molecule has 104 valence electrons. The molecule has 2 N–H and O–H groups in total. The quantitative estimate of drug-likeness (QED) is 0.850. The minimum absolute atomic E-state index is 0. The maximum Gasteiger partial charge on any atom is 0.416 e. The third-order valence-corrected chi connectivity index (χ3v) is 2.79. The second-order valence-corrected chi connectivity index (χ2v) is 4.88. The number of nitrogens with two attached hydrogens (primary N) is 1. The van der Waals surface area contributed by atoms with Gasteiger partial charge >= 0.3 is 6.18 Å². The molecule has 1 nitrogen and oxygen atoms in total. The molecule has 0 aliphatic heterocycles. The minimum Gasteiger partial charge on any atom is -0.324 e. The van der Waals surface area contributed by atoms with Crippen LogP contribution in [0.3, 0.4) is 0 Å². The van der Waals surface area contributed by atoms with Crippen molar-refractivity contribution in [2.45, 2.75) is 32.5 Å². The third-order valence-electron chi connectivity index (χ3n) is 2.45. The van der Waals surface area contributed by atoms with E-state index in [2.05, 4.69) is 0 Å². The molecule has 0 aromatic heterocycles. The molecule has 18 heavy (non-hydrogen) atoms. The summed E-state index contributed by atoms with van der Waals surface area (Å²) < 4.78 is 37.6. The average Bonchev–Trinajstić information content (AvgIpc) is 2.15. The van der Waals surface area contributed by atoms with Crippen LogP contribution in [0.25, 0.3) is 0 Å². The van der Waals surface area contributed by atoms with E-state index in [9.17, 15) is 13.2 Å². The van der Waals surface area contributed by atoms with Gasteiger partial charge < -0.3 is 5.73 Å². The van der Waals surface area contributed by atoms with E-state index in [1.54, 1.807) is 0 Å². The Morgan fingerprint density at radius 1 is 1.28 bits per heavy atom. The summed E-state index contributed by atoms with van der Waals surface area (Å²) in [6, 6.07) is 2.79. The first-order valence-corrected chi connectivity index (χ1v) is 5.72. The van der Waals surface area contributed by atoms with E-state index in [-0.39, 0.29) is 17.4 Å². The normalized spacial score (nSPS) is 13.3. The first-order valence-electron chi connectivity index (χ1n) is 5.34. The van der Waals surface area contributed by atoms with Crippen molar-refractivity contribution in [2.24, 2.45) is 11.7 Å². The van der Waals surface area contributed by atoms with E-state index >= 15 is 0 Å². The highest BCUT2D eigenvalue weighted by molar-refractivity contribution is 6.31. The molecule has 0 aliphatic rings. The molecule has 0 heterocycles. The molecule has 1 aromatic carbocycles. The van der Waals surface area contributed by atoms with E-state index < -0.39 is 17.8 Å². The fourth-order valence-electron chi connectivity index (χ4n) is 1.64. The summed E-state index contributed by atoms with van der Waals surface area (Å²) in [6.45, 7) is 3.92. The number of hydrogen-bond donors (Lipinski definition) is 1. The second kappa shape index (κ2) is 6.64. The van der Waals surface area contributed by atoms with Gasteiger partial charge in [0.1, 0.15) is 0 Å². The molecule has 0 saturated heterocycles. The zero-order valence-corrected chi connectivity index (χ0v) is 11.7. The maximum absolute atomic E-state index is 12.5. The minimum atomic E-state index is -4.36. The van der Waals surface area contributed by atoms with Crippen LogP contribution in [-0.2, 0) is 6.18 Å². The second-order valence-electron chi connectivity index (χ2n) is 4.47. The summed E-state index contributed by atoms with van der Waals surface area (Å²) in [5.41, 5.74) is 5.50. The van der Waals surface area contributed by atoms with E-state index in [0.717, 1.165) is 12.1 Å². The summed E-state index contributed by atoms with van der Waals surface area (Å²) in [5.74, 6) is 0.301. The van der Waals surface area contributed by atoms with Gasteiger partial charge in [0.25, 0.3) is 0 Å². The van der Waals surface area contributed by atoms with Gasteiger partial charge in [-0.15, -0.1) is 12.4 Å². The SMILES string of the molecule is CC(C)C[C@@H](N)c1cc(C(F)(F)F)ccc1Cl.Cl. The first-order chi connectivity index (χ1) is 7.71. The summed E-state index contributed by atoms with van der Waals surface area (Å²) in [4.78, 5) is 0. The third kappa shape index (κ3) is 4.67. The molecule has 0 bridgehead atoms. The van der Waals surface area contributed by atoms with Crippen LogP contribution >= 0.6 is 24.0 Å². The molecule has 0 aliphatic carbocycles. The van der Waals surface area contributed by atoms with Crippen molar-refractivity contribution >= 4 is 24.0 Å². The van der Waals surface area contributed by atoms with Crippen LogP contribution in [0.2, 0.25) is 5.02 Å². The van der Waals surface area contributed by atoms with Gasteiger partial charge in [-0.25, -0.2) is 0 Å². The lowest BCUT2D eigenvalue weighted by Gasteiger charge is -2.17. The zero-order valence-electron chi connectivity index (χ0n) is 10.1. The van der Waals surface area contributed by atoms with Crippen LogP contribution in [0.1, 0.15) is 37.4 Å². The Labute approximate surface area is 116 Å². The number of alkyl halides is 3. The molecule has 0 radical (unpaired) electrons. The lowest BCUT2D eigenvalue weighted by atomic mass is 9.96. The van der Waals surface area contributed by atoms with Crippen molar-refractivity contribution in [3.8, 4) is 0 Å². The molecule has 0 spiro atoms. The smallest absolute Gasteiger partial charge is 0.324 e. The Hall–Kier alpha value is -0.450. The fraction of sp³-hybridized carbons (Fsp3) is 0.500. The van der Waals surface area contributed by atoms with Crippen LogP contribution in [-0.4, -0.2) is 0 Å². The highest BCUT2D eigenvalue weighted by atomic mass is 35.5. The van der Waals surface area contributed by atoms with Crippen molar-refractivity contribution in [1.29, 1.82) is 0 Å². The van der Waals surface area contributed by atoms with Gasteiger partial charge in [0.05, 0.1) is 5.56 Å². The predicted octanol–water partition coefficient (Wildman–Crippen LogP) is 4.83. The molecule has 0 saturated carbocycles. The standard InChI is InChI=1S/C12H15ClF3N.ClH/c1-7(2)5-11(17)9-6-8(12(14,15)16)3-4-10(9)13;/h3-4,6-7,11H,5,17H2,1-2H3;1H/t11-;/m1./s1. The number of halogens is 5. The topological polar surface area (TPSA) is 26.0 Å². The van der Waals surface area contributed by atoms with Gasteiger partial charge in [0.2, 0.25) is 0 Å². The molecular formula is C12H16Cl2F3N. The van der Waals surface area contributed by atoms with Crippen molar-refractivity contribution in [3.05, 3.63) is 34.3 Å². The van der Waals surface area contributed by atoms with E-state index in [0.29, 0.717) is 17.9 Å². The number of hydrogen-bond acceptors (Lipinski definition) is 1. The zero-order chi connectivity index (χ0) is 13.2. The maximum atomic E-state index is 12.5. The number of rotatable bonds is 3. The van der Waals surface area contributed by atoms with Crippen LogP contribution in [0.15, 0.2) is 18.2 Å². The Bertz CT molecular complexity index is 391. The van der Waals surface area contributed by atoms with Crippen molar-refractivity contribution in [2.75, 3.05) is 0 Å². The Morgan fingerprint density at radius 3 is 2.28 bits per heavy atom. The van der Waals surface area contributed by atoms with Crippen LogP contribution in [0.4, 0.5) is 13.2 Å². The van der Waals surface area contributed by atoms with Gasteiger partial charge in [-0.05, 0) is 36.1 Å².